The molecule has 0 aromatic rings. The highest BCUT2D eigenvalue weighted by atomic mass is 16.3. The highest BCUT2D eigenvalue weighted by molar-refractivity contribution is 5.76. The fourth-order valence-electron chi connectivity index (χ4n) is 10.1. The lowest BCUT2D eigenvalue weighted by Crippen LogP contribution is -2.50. The number of carbonyl (C=O) groups is 1. The summed E-state index contributed by atoms with van der Waals surface area (Å²) in [7, 11) is 0. The van der Waals surface area contributed by atoms with Crippen molar-refractivity contribution in [1.82, 2.24) is 5.32 Å². The third-order valence-corrected chi connectivity index (χ3v) is 14.9. The summed E-state index contributed by atoms with van der Waals surface area (Å²) in [6.45, 7) is 4.21. The van der Waals surface area contributed by atoms with Crippen LogP contribution in [0.25, 0.3) is 0 Å². The Morgan fingerprint density at radius 2 is 0.597 bits per heavy atom. The van der Waals surface area contributed by atoms with Crippen molar-refractivity contribution in [3.8, 4) is 0 Å². The minimum absolute atomic E-state index is 0.146. The molecule has 400 valence electrons. The minimum atomic E-state index is -1.16. The van der Waals surface area contributed by atoms with Crippen molar-refractivity contribution in [2.45, 2.75) is 372 Å². The number of rotatable bonds is 58. The molecular formula is C62H123NO4. The van der Waals surface area contributed by atoms with E-state index >= 15 is 0 Å². The third kappa shape index (κ3) is 52.7. The predicted octanol–water partition coefficient (Wildman–Crippen LogP) is 19.5. The van der Waals surface area contributed by atoms with Crippen molar-refractivity contribution in [3.05, 3.63) is 12.2 Å². The van der Waals surface area contributed by atoms with Crippen LogP contribution in [0.15, 0.2) is 12.2 Å². The SMILES string of the molecule is CCCCCCCCCCCCCCC/C=C/CCCC(O)C(O)C(CO)NC(=O)CCCCCCCCCCCCCCCCCCCCCCCCCCCCCCCCCCCCC. The number of nitrogens with one attached hydrogen (secondary N) is 1. The van der Waals surface area contributed by atoms with Gasteiger partial charge in [0.2, 0.25) is 5.91 Å². The molecule has 0 aliphatic rings. The second kappa shape index (κ2) is 57.7. The van der Waals surface area contributed by atoms with Gasteiger partial charge >= 0.3 is 0 Å². The molecule has 0 radical (unpaired) electrons. The number of carbonyl (C=O) groups excluding carboxylic acids is 1. The summed E-state index contributed by atoms with van der Waals surface area (Å²) in [5, 5.41) is 33.8. The fourth-order valence-corrected chi connectivity index (χ4v) is 10.1. The second-order valence-electron chi connectivity index (χ2n) is 21.6. The van der Waals surface area contributed by atoms with Crippen LogP contribution in [-0.4, -0.2) is 46.1 Å². The lowest BCUT2D eigenvalue weighted by molar-refractivity contribution is -0.124. The van der Waals surface area contributed by atoms with Gasteiger partial charge in [-0.1, -0.05) is 321 Å². The molecule has 0 aromatic heterocycles. The monoisotopic (exact) mass is 946 g/mol. The summed E-state index contributed by atoms with van der Waals surface area (Å²) < 4.78 is 0. The van der Waals surface area contributed by atoms with Crippen molar-refractivity contribution >= 4 is 5.91 Å². The Morgan fingerprint density at radius 1 is 0.358 bits per heavy atom. The molecule has 3 unspecified atom stereocenters. The van der Waals surface area contributed by atoms with E-state index in [1.807, 2.05) is 0 Å². The highest BCUT2D eigenvalue weighted by Gasteiger charge is 2.26. The second-order valence-corrected chi connectivity index (χ2v) is 21.6. The zero-order valence-corrected chi connectivity index (χ0v) is 45.8. The molecule has 0 aliphatic heterocycles. The van der Waals surface area contributed by atoms with Crippen LogP contribution >= 0.6 is 0 Å². The Bertz CT molecular complexity index is 956. The van der Waals surface area contributed by atoms with Gasteiger partial charge < -0.3 is 20.6 Å². The molecule has 0 aliphatic carbocycles. The number of hydrogen-bond donors (Lipinski definition) is 4. The van der Waals surface area contributed by atoms with Gasteiger partial charge in [-0.05, 0) is 38.5 Å². The summed E-state index contributed by atoms with van der Waals surface area (Å²) in [6, 6.07) is -0.823. The molecule has 0 fully saturated rings. The Labute approximate surface area is 420 Å². The average molecular weight is 947 g/mol. The molecule has 5 nitrogen and oxygen atoms in total. The van der Waals surface area contributed by atoms with Gasteiger partial charge in [0.25, 0.3) is 0 Å². The summed E-state index contributed by atoms with van der Waals surface area (Å²) >= 11 is 0. The van der Waals surface area contributed by atoms with E-state index in [0.29, 0.717) is 12.8 Å². The van der Waals surface area contributed by atoms with Gasteiger partial charge in [0.1, 0.15) is 6.10 Å². The Kier molecular flexibility index (Phi) is 56.9. The maximum atomic E-state index is 12.5. The first kappa shape index (κ1) is 66.1. The van der Waals surface area contributed by atoms with Crippen LogP contribution in [-0.2, 0) is 4.79 Å². The van der Waals surface area contributed by atoms with Crippen LogP contribution in [0.1, 0.15) is 354 Å². The Hall–Kier alpha value is -0.910. The van der Waals surface area contributed by atoms with Crippen LogP contribution in [0.4, 0.5) is 0 Å². The van der Waals surface area contributed by atoms with Gasteiger partial charge in [-0.15, -0.1) is 0 Å². The standard InChI is InChI=1S/C62H123NO4/c1-3-5-7-9-11-13-15-17-19-21-23-24-25-26-27-28-29-30-31-32-33-34-35-36-37-38-39-41-43-45-47-49-51-53-55-57-61(66)63-59(58-64)62(67)60(65)56-54-52-50-48-46-44-42-40-22-20-18-16-14-12-10-8-6-4-2/h48,50,59-60,62,64-65,67H,3-47,49,51-58H2,1-2H3,(H,63,66)/b50-48+. The smallest absolute Gasteiger partial charge is 0.220 e. The number of aliphatic hydroxyl groups excluding tert-OH is 3. The number of aliphatic hydroxyl groups is 3. The lowest BCUT2D eigenvalue weighted by atomic mass is 10.0. The van der Waals surface area contributed by atoms with Gasteiger partial charge in [-0.25, -0.2) is 0 Å². The van der Waals surface area contributed by atoms with Crippen LogP contribution in [0.5, 0.6) is 0 Å². The van der Waals surface area contributed by atoms with E-state index in [1.54, 1.807) is 0 Å². The molecule has 4 N–H and O–H groups in total. The first-order valence-corrected chi connectivity index (χ1v) is 31.0. The fraction of sp³-hybridized carbons (Fsp3) is 0.952. The topological polar surface area (TPSA) is 89.8 Å². The van der Waals surface area contributed by atoms with Gasteiger partial charge in [0, 0.05) is 6.42 Å². The van der Waals surface area contributed by atoms with Gasteiger partial charge in [0.15, 0.2) is 0 Å². The number of amides is 1. The van der Waals surface area contributed by atoms with E-state index < -0.39 is 18.2 Å². The van der Waals surface area contributed by atoms with Crippen molar-refractivity contribution in [1.29, 1.82) is 0 Å². The maximum absolute atomic E-state index is 12.5. The zero-order valence-electron chi connectivity index (χ0n) is 45.8. The summed E-state index contributed by atoms with van der Waals surface area (Å²) in [5.74, 6) is -0.146. The molecule has 0 saturated heterocycles. The van der Waals surface area contributed by atoms with Crippen molar-refractivity contribution < 1.29 is 20.1 Å². The highest BCUT2D eigenvalue weighted by Crippen LogP contribution is 2.19. The van der Waals surface area contributed by atoms with E-state index in [2.05, 4.69) is 31.3 Å². The number of allylic oxidation sites excluding steroid dienone is 2. The molecule has 0 rings (SSSR count). The van der Waals surface area contributed by atoms with Crippen LogP contribution in [0.3, 0.4) is 0 Å². The number of hydrogen-bond acceptors (Lipinski definition) is 4. The van der Waals surface area contributed by atoms with E-state index in [9.17, 15) is 20.1 Å². The molecule has 67 heavy (non-hydrogen) atoms. The summed E-state index contributed by atoms with van der Waals surface area (Å²) in [5.41, 5.74) is 0. The van der Waals surface area contributed by atoms with Crippen molar-refractivity contribution in [2.24, 2.45) is 0 Å². The van der Waals surface area contributed by atoms with E-state index in [4.69, 9.17) is 0 Å². The van der Waals surface area contributed by atoms with Gasteiger partial charge in [-0.2, -0.15) is 0 Å². The first-order chi connectivity index (χ1) is 33.1. The van der Waals surface area contributed by atoms with Crippen molar-refractivity contribution in [2.75, 3.05) is 6.61 Å². The molecule has 0 aromatic carbocycles. The third-order valence-electron chi connectivity index (χ3n) is 14.9. The minimum Gasteiger partial charge on any atom is -0.394 e. The summed E-state index contributed by atoms with van der Waals surface area (Å²) in [6.07, 6.45) is 72.6. The zero-order chi connectivity index (χ0) is 48.6. The van der Waals surface area contributed by atoms with Gasteiger partial charge in [0.05, 0.1) is 18.8 Å². The predicted molar refractivity (Wildman–Crippen MR) is 296 cm³/mol. The first-order valence-electron chi connectivity index (χ1n) is 31.0. The number of unbranched alkanes of at least 4 members (excludes halogenated alkanes) is 48. The van der Waals surface area contributed by atoms with E-state index in [0.717, 1.165) is 38.5 Å². The molecule has 0 spiro atoms. The molecule has 5 heteroatoms. The van der Waals surface area contributed by atoms with E-state index in [1.165, 1.54) is 289 Å². The molecular weight excluding hydrogens is 823 g/mol. The molecule has 1 amide bonds. The molecule has 0 heterocycles. The van der Waals surface area contributed by atoms with Crippen LogP contribution < -0.4 is 5.32 Å². The van der Waals surface area contributed by atoms with Gasteiger partial charge in [-0.3, -0.25) is 4.79 Å². The Morgan fingerprint density at radius 3 is 0.866 bits per heavy atom. The lowest BCUT2D eigenvalue weighted by Gasteiger charge is -2.26. The largest absolute Gasteiger partial charge is 0.394 e. The molecule has 0 bridgehead atoms. The van der Waals surface area contributed by atoms with Crippen LogP contribution in [0.2, 0.25) is 0 Å². The molecule has 3 atom stereocenters. The quantitative estimate of drug-likeness (QED) is 0.0361. The molecule has 0 saturated carbocycles. The van der Waals surface area contributed by atoms with E-state index in [-0.39, 0.29) is 12.5 Å². The normalized spacial score (nSPS) is 13.2. The Balaban J connectivity index is 3.45. The average Bonchev–Trinajstić information content (AvgIpc) is 3.33. The van der Waals surface area contributed by atoms with Crippen molar-refractivity contribution in [3.63, 3.8) is 0 Å². The van der Waals surface area contributed by atoms with Crippen LogP contribution in [0, 0.1) is 0 Å². The summed E-state index contributed by atoms with van der Waals surface area (Å²) in [4.78, 5) is 12.5. The maximum Gasteiger partial charge on any atom is 0.220 e.